The minimum Gasteiger partial charge on any atom is -0.478 e. The molecule has 0 fully saturated rings. The third kappa shape index (κ3) is 3.67. The molecule has 7 heteroatoms. The Kier molecular flexibility index (Phi) is 4.62. The molecule has 3 aromatic rings. The molecule has 1 N–H and O–H groups in total. The SMILES string of the molecule is Cc1ccc(-c2ccc(C=Nc3ccc([N+](=O)[O-])cc3)o2)cc1C(=O)O. The maximum absolute atomic E-state index is 11.2. The number of carbonyl (C=O) groups is 1. The van der Waals surface area contributed by atoms with Gasteiger partial charge in [-0.3, -0.25) is 15.1 Å². The van der Waals surface area contributed by atoms with E-state index in [-0.39, 0.29) is 11.3 Å². The van der Waals surface area contributed by atoms with E-state index in [1.165, 1.54) is 30.5 Å². The lowest BCUT2D eigenvalue weighted by Crippen LogP contribution is -1.99. The normalized spacial score (nSPS) is 11.0. The highest BCUT2D eigenvalue weighted by molar-refractivity contribution is 5.91. The van der Waals surface area contributed by atoms with Crippen LogP contribution in [-0.2, 0) is 0 Å². The van der Waals surface area contributed by atoms with Crippen LogP contribution in [0.3, 0.4) is 0 Å². The molecule has 0 radical (unpaired) electrons. The van der Waals surface area contributed by atoms with Gasteiger partial charge in [0.15, 0.2) is 0 Å². The van der Waals surface area contributed by atoms with Crippen molar-refractivity contribution in [1.82, 2.24) is 0 Å². The van der Waals surface area contributed by atoms with E-state index in [1.807, 2.05) is 0 Å². The monoisotopic (exact) mass is 350 g/mol. The lowest BCUT2D eigenvalue weighted by molar-refractivity contribution is -0.384. The van der Waals surface area contributed by atoms with E-state index in [4.69, 9.17) is 4.42 Å². The van der Waals surface area contributed by atoms with Crippen molar-refractivity contribution >= 4 is 23.6 Å². The fraction of sp³-hybridized carbons (Fsp3) is 0.0526. The molecule has 1 aromatic heterocycles. The maximum Gasteiger partial charge on any atom is 0.335 e. The van der Waals surface area contributed by atoms with Gasteiger partial charge in [0.1, 0.15) is 11.5 Å². The average Bonchev–Trinajstić information content (AvgIpc) is 3.09. The van der Waals surface area contributed by atoms with E-state index in [0.717, 1.165) is 0 Å². The summed E-state index contributed by atoms with van der Waals surface area (Å²) in [6, 6.07) is 14.4. The predicted octanol–water partition coefficient (Wildman–Crippen LogP) is 4.61. The zero-order valence-corrected chi connectivity index (χ0v) is 13.7. The molecule has 0 aliphatic rings. The lowest BCUT2D eigenvalue weighted by Gasteiger charge is -2.03. The number of aliphatic imine (C=N–C) groups is 1. The maximum atomic E-state index is 11.2. The second-order valence-electron chi connectivity index (χ2n) is 5.57. The van der Waals surface area contributed by atoms with Gasteiger partial charge in [-0.15, -0.1) is 0 Å². The highest BCUT2D eigenvalue weighted by Gasteiger charge is 2.11. The molecule has 3 rings (SSSR count). The first-order valence-corrected chi connectivity index (χ1v) is 7.67. The van der Waals surface area contributed by atoms with Crippen LogP contribution in [-0.4, -0.2) is 22.2 Å². The Morgan fingerprint density at radius 1 is 1.15 bits per heavy atom. The fourth-order valence-electron chi connectivity index (χ4n) is 2.38. The van der Waals surface area contributed by atoms with Gasteiger partial charge < -0.3 is 9.52 Å². The van der Waals surface area contributed by atoms with Gasteiger partial charge in [-0.1, -0.05) is 12.1 Å². The molecule has 0 bridgehead atoms. The van der Waals surface area contributed by atoms with Gasteiger partial charge in [-0.05, 0) is 42.8 Å². The smallest absolute Gasteiger partial charge is 0.335 e. The molecule has 0 saturated carbocycles. The van der Waals surface area contributed by atoms with Crippen LogP contribution in [0.1, 0.15) is 21.7 Å². The molecule has 0 aliphatic heterocycles. The number of furan rings is 1. The first-order chi connectivity index (χ1) is 12.4. The van der Waals surface area contributed by atoms with Crippen LogP contribution in [0.5, 0.6) is 0 Å². The number of non-ortho nitro benzene ring substituents is 1. The quantitative estimate of drug-likeness (QED) is 0.411. The highest BCUT2D eigenvalue weighted by Crippen LogP contribution is 2.25. The van der Waals surface area contributed by atoms with E-state index in [0.29, 0.717) is 28.3 Å². The number of carboxylic acid groups (broad SMARTS) is 1. The Morgan fingerprint density at radius 2 is 1.88 bits per heavy atom. The zero-order chi connectivity index (χ0) is 18.7. The van der Waals surface area contributed by atoms with Crippen LogP contribution in [0.25, 0.3) is 11.3 Å². The molecule has 0 unspecified atom stereocenters. The number of aromatic carboxylic acids is 1. The van der Waals surface area contributed by atoms with Crippen molar-refractivity contribution in [3.63, 3.8) is 0 Å². The van der Waals surface area contributed by atoms with Crippen LogP contribution >= 0.6 is 0 Å². The van der Waals surface area contributed by atoms with E-state index in [9.17, 15) is 20.0 Å². The van der Waals surface area contributed by atoms with Crippen molar-refractivity contribution in [3.8, 4) is 11.3 Å². The molecule has 7 nitrogen and oxygen atoms in total. The zero-order valence-electron chi connectivity index (χ0n) is 13.7. The van der Waals surface area contributed by atoms with Crippen molar-refractivity contribution in [3.05, 3.63) is 81.6 Å². The van der Waals surface area contributed by atoms with Crippen molar-refractivity contribution in [2.75, 3.05) is 0 Å². The Hall–Kier alpha value is -3.74. The number of aryl methyl sites for hydroxylation is 1. The summed E-state index contributed by atoms with van der Waals surface area (Å²) in [5.74, 6) is 0.0179. The van der Waals surface area contributed by atoms with Gasteiger partial charge in [-0.2, -0.15) is 0 Å². The number of hydrogen-bond donors (Lipinski definition) is 1. The largest absolute Gasteiger partial charge is 0.478 e. The summed E-state index contributed by atoms with van der Waals surface area (Å²) in [7, 11) is 0. The third-order valence-corrected chi connectivity index (χ3v) is 3.78. The van der Waals surface area contributed by atoms with Crippen molar-refractivity contribution < 1.29 is 19.2 Å². The number of nitrogens with zero attached hydrogens (tertiary/aromatic N) is 2. The Labute approximate surface area is 148 Å². The molecule has 130 valence electrons. The van der Waals surface area contributed by atoms with Crippen LogP contribution in [0, 0.1) is 17.0 Å². The number of hydrogen-bond acceptors (Lipinski definition) is 5. The number of benzene rings is 2. The Morgan fingerprint density at radius 3 is 2.54 bits per heavy atom. The number of rotatable bonds is 5. The summed E-state index contributed by atoms with van der Waals surface area (Å²) >= 11 is 0. The van der Waals surface area contributed by atoms with Gasteiger partial charge in [0.25, 0.3) is 5.69 Å². The van der Waals surface area contributed by atoms with Gasteiger partial charge in [-0.25, -0.2) is 4.79 Å². The van der Waals surface area contributed by atoms with Gasteiger partial charge in [0.2, 0.25) is 0 Å². The predicted molar refractivity (Wildman–Crippen MR) is 96.2 cm³/mol. The van der Waals surface area contributed by atoms with E-state index < -0.39 is 10.9 Å². The molecular weight excluding hydrogens is 336 g/mol. The minimum atomic E-state index is -0.990. The molecule has 2 aromatic carbocycles. The van der Waals surface area contributed by atoms with Crippen molar-refractivity contribution in [2.45, 2.75) is 6.92 Å². The second kappa shape index (κ2) is 7.02. The highest BCUT2D eigenvalue weighted by atomic mass is 16.6. The first-order valence-electron chi connectivity index (χ1n) is 7.67. The topological polar surface area (TPSA) is 106 Å². The minimum absolute atomic E-state index is 0.00200. The first kappa shape index (κ1) is 17.1. The fourth-order valence-corrected chi connectivity index (χ4v) is 2.38. The second-order valence-corrected chi connectivity index (χ2v) is 5.57. The molecular formula is C19H14N2O5. The molecule has 1 heterocycles. The van der Waals surface area contributed by atoms with Crippen molar-refractivity contribution in [1.29, 1.82) is 0 Å². The van der Waals surface area contributed by atoms with E-state index in [1.54, 1.807) is 37.3 Å². The molecule has 0 atom stereocenters. The lowest BCUT2D eigenvalue weighted by atomic mass is 10.0. The van der Waals surface area contributed by atoms with Crippen molar-refractivity contribution in [2.24, 2.45) is 4.99 Å². The van der Waals surface area contributed by atoms with Crippen LogP contribution in [0.15, 0.2) is 64.0 Å². The summed E-state index contributed by atoms with van der Waals surface area (Å²) < 4.78 is 5.68. The van der Waals surface area contributed by atoms with E-state index in [2.05, 4.69) is 4.99 Å². The summed E-state index contributed by atoms with van der Waals surface area (Å²) in [6.07, 6.45) is 1.50. The van der Waals surface area contributed by atoms with Crippen LogP contribution in [0.2, 0.25) is 0 Å². The summed E-state index contributed by atoms with van der Waals surface area (Å²) in [4.78, 5) is 25.6. The Balaban J connectivity index is 1.80. The average molecular weight is 350 g/mol. The van der Waals surface area contributed by atoms with Crippen LogP contribution < -0.4 is 0 Å². The summed E-state index contributed by atoms with van der Waals surface area (Å²) in [5, 5.41) is 19.8. The third-order valence-electron chi connectivity index (χ3n) is 3.78. The molecule has 0 aliphatic carbocycles. The summed E-state index contributed by atoms with van der Waals surface area (Å²) in [6.45, 7) is 1.73. The molecule has 26 heavy (non-hydrogen) atoms. The van der Waals surface area contributed by atoms with Gasteiger partial charge in [0, 0.05) is 17.7 Å². The standard InChI is InChI=1S/C19H14N2O5/c1-12-2-3-13(10-17(12)19(22)23)18-9-8-16(26-18)11-20-14-4-6-15(7-5-14)21(24)25/h2-11H,1H3,(H,22,23). The molecule has 0 spiro atoms. The molecule has 0 amide bonds. The Bertz CT molecular complexity index is 1000. The van der Waals surface area contributed by atoms with E-state index >= 15 is 0 Å². The number of carboxylic acids is 1. The number of nitro groups is 1. The molecule has 0 saturated heterocycles. The van der Waals surface area contributed by atoms with Gasteiger partial charge in [0.05, 0.1) is 22.4 Å². The van der Waals surface area contributed by atoms with Crippen LogP contribution in [0.4, 0.5) is 11.4 Å². The number of nitro benzene ring substituents is 1. The van der Waals surface area contributed by atoms with Gasteiger partial charge >= 0.3 is 5.97 Å². The summed E-state index contributed by atoms with van der Waals surface area (Å²) in [5.41, 5.74) is 2.10.